The molecule has 0 amide bonds. The zero-order chi connectivity index (χ0) is 14.8. The highest BCUT2D eigenvalue weighted by Crippen LogP contribution is 2.25. The van der Waals surface area contributed by atoms with Gasteiger partial charge in [0.1, 0.15) is 11.6 Å². The molecule has 5 heteroatoms. The van der Waals surface area contributed by atoms with Crippen molar-refractivity contribution < 1.29 is 4.74 Å². The quantitative estimate of drug-likeness (QED) is 0.866. The van der Waals surface area contributed by atoms with Crippen molar-refractivity contribution in [3.8, 4) is 0 Å². The molecule has 1 aromatic carbocycles. The van der Waals surface area contributed by atoms with Crippen LogP contribution in [0.5, 0.6) is 0 Å². The first-order valence-electron chi connectivity index (χ1n) is 7.41. The summed E-state index contributed by atoms with van der Waals surface area (Å²) < 4.78 is 8.14. The van der Waals surface area contributed by atoms with Crippen LogP contribution in [0.3, 0.4) is 0 Å². The Morgan fingerprint density at radius 3 is 2.62 bits per heavy atom. The molecule has 0 aliphatic carbocycles. The maximum absolute atomic E-state index is 6.09. The van der Waals surface area contributed by atoms with Crippen molar-refractivity contribution in [3.63, 3.8) is 0 Å². The molecule has 2 atom stereocenters. The first-order valence-corrected chi connectivity index (χ1v) is 7.41. The molecule has 0 saturated carbocycles. The van der Waals surface area contributed by atoms with E-state index in [4.69, 9.17) is 4.74 Å². The second-order valence-corrected chi connectivity index (χ2v) is 5.76. The van der Waals surface area contributed by atoms with Crippen molar-refractivity contribution in [1.82, 2.24) is 19.7 Å². The smallest absolute Gasteiger partial charge is 0.146 e. The van der Waals surface area contributed by atoms with Gasteiger partial charge in [0.25, 0.3) is 0 Å². The van der Waals surface area contributed by atoms with Crippen LogP contribution in [0.25, 0.3) is 0 Å². The fourth-order valence-electron chi connectivity index (χ4n) is 2.81. The van der Waals surface area contributed by atoms with Crippen molar-refractivity contribution in [2.24, 2.45) is 7.05 Å². The minimum atomic E-state index is 0.129. The maximum atomic E-state index is 6.09. The van der Waals surface area contributed by atoms with E-state index < -0.39 is 0 Å². The molecule has 0 N–H and O–H groups in total. The number of aromatic nitrogens is 3. The topological polar surface area (TPSA) is 43.2 Å². The van der Waals surface area contributed by atoms with Gasteiger partial charge in [-0.3, -0.25) is 4.90 Å². The molecule has 0 radical (unpaired) electrons. The van der Waals surface area contributed by atoms with E-state index in [2.05, 4.69) is 50.9 Å². The average molecular weight is 286 g/mol. The maximum Gasteiger partial charge on any atom is 0.146 e. The molecule has 1 fully saturated rings. The predicted molar refractivity (Wildman–Crippen MR) is 80.7 cm³/mol. The van der Waals surface area contributed by atoms with Crippen molar-refractivity contribution in [3.05, 3.63) is 47.5 Å². The van der Waals surface area contributed by atoms with Crippen molar-refractivity contribution in [1.29, 1.82) is 0 Å². The minimum Gasteiger partial charge on any atom is -0.368 e. The van der Waals surface area contributed by atoms with Crippen LogP contribution in [0, 0.1) is 6.92 Å². The predicted octanol–water partition coefficient (Wildman–Crippen LogP) is 2.09. The third-order valence-electron chi connectivity index (χ3n) is 4.06. The Morgan fingerprint density at radius 2 is 1.95 bits per heavy atom. The van der Waals surface area contributed by atoms with Gasteiger partial charge in [-0.15, -0.1) is 10.2 Å². The fraction of sp³-hybridized carbons (Fsp3) is 0.500. The summed E-state index contributed by atoms with van der Waals surface area (Å²) in [4.78, 5) is 2.40. The second kappa shape index (κ2) is 5.95. The van der Waals surface area contributed by atoms with E-state index in [0.29, 0.717) is 0 Å². The summed E-state index contributed by atoms with van der Waals surface area (Å²) in [6.45, 7) is 6.74. The molecule has 1 saturated heterocycles. The van der Waals surface area contributed by atoms with Crippen molar-refractivity contribution in [2.45, 2.75) is 32.6 Å². The number of morpholine rings is 1. The van der Waals surface area contributed by atoms with Gasteiger partial charge in [-0.25, -0.2) is 0 Å². The van der Waals surface area contributed by atoms with Crippen LogP contribution >= 0.6 is 0 Å². The first-order chi connectivity index (χ1) is 10.1. The van der Waals surface area contributed by atoms with Crippen LogP contribution in [0.4, 0.5) is 0 Å². The molecule has 1 aromatic heterocycles. The number of rotatable bonds is 3. The molecule has 2 aromatic rings. The lowest BCUT2D eigenvalue weighted by Crippen LogP contribution is -2.42. The van der Waals surface area contributed by atoms with E-state index in [9.17, 15) is 0 Å². The number of ether oxygens (including phenoxy) is 1. The third-order valence-corrected chi connectivity index (χ3v) is 4.06. The monoisotopic (exact) mass is 286 g/mol. The van der Waals surface area contributed by atoms with Gasteiger partial charge in [-0.2, -0.15) is 0 Å². The summed E-state index contributed by atoms with van der Waals surface area (Å²) in [5.74, 6) is 1.96. The Hall–Kier alpha value is -1.72. The molecule has 21 heavy (non-hydrogen) atoms. The molecule has 1 aliphatic heterocycles. The van der Waals surface area contributed by atoms with E-state index in [1.165, 1.54) is 5.56 Å². The van der Waals surface area contributed by atoms with Crippen LogP contribution in [-0.4, -0.2) is 38.9 Å². The lowest BCUT2D eigenvalue weighted by atomic mass is 10.1. The molecule has 0 unspecified atom stereocenters. The second-order valence-electron chi connectivity index (χ2n) is 5.76. The van der Waals surface area contributed by atoms with Gasteiger partial charge < -0.3 is 9.30 Å². The molecule has 5 nitrogen and oxygen atoms in total. The summed E-state index contributed by atoms with van der Waals surface area (Å²) in [7, 11) is 2.02. The van der Waals surface area contributed by atoms with E-state index >= 15 is 0 Å². The zero-order valence-electron chi connectivity index (χ0n) is 12.9. The Morgan fingerprint density at radius 1 is 1.19 bits per heavy atom. The number of aryl methyl sites for hydroxylation is 1. The van der Waals surface area contributed by atoms with Crippen molar-refractivity contribution in [2.75, 3.05) is 13.1 Å². The van der Waals surface area contributed by atoms with Crippen molar-refractivity contribution >= 4 is 0 Å². The van der Waals surface area contributed by atoms with Gasteiger partial charge >= 0.3 is 0 Å². The largest absolute Gasteiger partial charge is 0.368 e. The van der Waals surface area contributed by atoms with Crippen LogP contribution < -0.4 is 0 Å². The van der Waals surface area contributed by atoms with Gasteiger partial charge in [0.05, 0.1) is 18.8 Å². The summed E-state index contributed by atoms with van der Waals surface area (Å²) in [5, 5.41) is 8.40. The Bertz CT molecular complexity index is 596. The molecular weight excluding hydrogens is 264 g/mol. The highest BCUT2D eigenvalue weighted by molar-refractivity contribution is 5.18. The lowest BCUT2D eigenvalue weighted by molar-refractivity contribution is -0.0821. The number of benzene rings is 1. The molecule has 1 aliphatic rings. The van der Waals surface area contributed by atoms with Crippen LogP contribution in [0.1, 0.15) is 30.2 Å². The number of nitrogens with zero attached hydrogens (tertiary/aromatic N) is 4. The zero-order valence-corrected chi connectivity index (χ0v) is 12.9. The highest BCUT2D eigenvalue weighted by Gasteiger charge is 2.27. The Kier molecular flexibility index (Phi) is 4.03. The fourth-order valence-corrected chi connectivity index (χ4v) is 2.81. The normalized spacial score (nSPS) is 23.4. The summed E-state index contributed by atoms with van der Waals surface area (Å²) in [5.41, 5.74) is 1.24. The SMILES string of the molecule is Cc1nnc(CN2C[C@@H](C)O[C@H](c3ccccc3)C2)n1C. The lowest BCUT2D eigenvalue weighted by Gasteiger charge is -2.36. The van der Waals surface area contributed by atoms with Crippen LogP contribution in [0.15, 0.2) is 30.3 Å². The number of hydrogen-bond acceptors (Lipinski definition) is 4. The molecule has 112 valence electrons. The summed E-state index contributed by atoms with van der Waals surface area (Å²) >= 11 is 0. The van der Waals surface area contributed by atoms with E-state index in [1.807, 2.05) is 20.0 Å². The first kappa shape index (κ1) is 14.2. The Labute approximate surface area is 125 Å². The molecule has 3 rings (SSSR count). The molecule has 2 heterocycles. The summed E-state index contributed by atoms with van der Waals surface area (Å²) in [6.07, 6.45) is 0.350. The molecule has 0 bridgehead atoms. The van der Waals surface area contributed by atoms with Gasteiger partial charge in [-0.1, -0.05) is 30.3 Å². The molecular formula is C16H22N4O. The van der Waals surface area contributed by atoms with E-state index in [-0.39, 0.29) is 12.2 Å². The van der Waals surface area contributed by atoms with Gasteiger partial charge in [-0.05, 0) is 19.4 Å². The van der Waals surface area contributed by atoms with E-state index in [0.717, 1.165) is 31.3 Å². The number of hydrogen-bond donors (Lipinski definition) is 0. The van der Waals surface area contributed by atoms with Gasteiger partial charge in [0.2, 0.25) is 0 Å². The standard InChI is InChI=1S/C16H22N4O/c1-12-9-20(11-16-18-17-13(2)19(16)3)10-15(21-12)14-7-5-4-6-8-14/h4-8,12,15H,9-11H2,1-3H3/t12-,15+/m1/s1. The Balaban J connectivity index is 1.73. The third kappa shape index (κ3) is 3.14. The van der Waals surface area contributed by atoms with Gasteiger partial charge in [0, 0.05) is 20.1 Å². The van der Waals surface area contributed by atoms with Crippen LogP contribution in [-0.2, 0) is 18.3 Å². The van der Waals surface area contributed by atoms with Gasteiger partial charge in [0.15, 0.2) is 0 Å². The minimum absolute atomic E-state index is 0.129. The molecule has 0 spiro atoms. The van der Waals surface area contributed by atoms with E-state index in [1.54, 1.807) is 0 Å². The van der Waals surface area contributed by atoms with Crippen LogP contribution in [0.2, 0.25) is 0 Å². The average Bonchev–Trinajstić information content (AvgIpc) is 2.80. The highest BCUT2D eigenvalue weighted by atomic mass is 16.5. The summed E-state index contributed by atoms with van der Waals surface area (Å²) in [6, 6.07) is 10.4.